The summed E-state index contributed by atoms with van der Waals surface area (Å²) in [6.45, 7) is 1.43. The second-order valence-corrected chi connectivity index (χ2v) is 9.77. The van der Waals surface area contributed by atoms with E-state index in [9.17, 15) is 19.1 Å². The first-order chi connectivity index (χ1) is 13.5. The Balaban J connectivity index is 1.94. The second-order valence-electron chi connectivity index (χ2n) is 7.08. The summed E-state index contributed by atoms with van der Waals surface area (Å²) >= 11 is 0. The molecule has 1 aromatic carbocycles. The number of carbonyl (C=O) groups excluding carboxylic acids is 1. The van der Waals surface area contributed by atoms with Crippen molar-refractivity contribution in [3.8, 4) is 0 Å². The number of nitrogens with two attached hydrogens (primary N) is 1. The Morgan fingerprint density at radius 1 is 1.25 bits per heavy atom. The van der Waals surface area contributed by atoms with Crippen LogP contribution < -0.4 is 5.73 Å². The number of carboxylic acids is 1. The molecule has 0 aromatic heterocycles. The molecule has 3 rings (SSSR count). The van der Waals surface area contributed by atoms with Gasteiger partial charge in [0.25, 0.3) is 0 Å². The highest BCUT2D eigenvalue weighted by Gasteiger charge is 2.39. The number of rotatable bonds is 10. The van der Waals surface area contributed by atoms with E-state index in [0.717, 1.165) is 25.0 Å². The van der Waals surface area contributed by atoms with Crippen LogP contribution in [0.3, 0.4) is 0 Å². The lowest BCUT2D eigenvalue weighted by Gasteiger charge is -2.37. The molecule has 152 valence electrons. The third kappa shape index (κ3) is 5.30. The van der Waals surface area contributed by atoms with Gasteiger partial charge in [0.2, 0.25) is 0 Å². The van der Waals surface area contributed by atoms with Crippen LogP contribution in [0.15, 0.2) is 35.5 Å². The first-order valence-electron chi connectivity index (χ1n) is 9.47. The van der Waals surface area contributed by atoms with Crippen LogP contribution in [0.4, 0.5) is 4.39 Å². The Morgan fingerprint density at radius 3 is 2.64 bits per heavy atom. The standard InChI is InChI=1S/C20H25FN2O3S2/c21-16-4-2-1-3-14(16)12-23-9-7-17(28-27-10-8-22)15(11-18(24)25)19(23)20(26)13-5-6-13/h1-4,13,17H,5-12,22H2,(H,24,25). The van der Waals surface area contributed by atoms with Crippen molar-refractivity contribution in [2.45, 2.75) is 37.5 Å². The van der Waals surface area contributed by atoms with Crippen LogP contribution in [-0.4, -0.2) is 45.9 Å². The molecule has 1 unspecified atom stereocenters. The number of allylic oxidation sites excluding steroid dienone is 1. The van der Waals surface area contributed by atoms with Crippen LogP contribution in [0.2, 0.25) is 0 Å². The monoisotopic (exact) mass is 424 g/mol. The molecule has 1 heterocycles. The summed E-state index contributed by atoms with van der Waals surface area (Å²) in [6, 6.07) is 6.53. The molecule has 1 saturated carbocycles. The number of hydrogen-bond acceptors (Lipinski definition) is 6. The lowest BCUT2D eigenvalue weighted by molar-refractivity contribution is -0.136. The van der Waals surface area contributed by atoms with E-state index >= 15 is 0 Å². The molecule has 0 spiro atoms. The summed E-state index contributed by atoms with van der Waals surface area (Å²) in [5.74, 6) is -0.496. The first-order valence-corrected chi connectivity index (χ1v) is 11.8. The quantitative estimate of drug-likeness (QED) is 0.440. The third-order valence-electron chi connectivity index (χ3n) is 4.90. The van der Waals surface area contributed by atoms with Crippen LogP contribution in [0.1, 0.15) is 31.2 Å². The SMILES string of the molecule is NCCSSC1CCN(Cc2ccccc2F)C(C(=O)C2CC2)=C1CC(=O)O. The fourth-order valence-electron chi connectivity index (χ4n) is 3.40. The zero-order chi connectivity index (χ0) is 20.1. The molecule has 1 aliphatic carbocycles. The van der Waals surface area contributed by atoms with Crippen molar-refractivity contribution in [1.82, 2.24) is 4.90 Å². The third-order valence-corrected chi connectivity index (χ3v) is 7.79. The topological polar surface area (TPSA) is 83.6 Å². The Hall–Kier alpha value is -1.51. The van der Waals surface area contributed by atoms with Crippen LogP contribution in [0, 0.1) is 11.7 Å². The summed E-state index contributed by atoms with van der Waals surface area (Å²) in [6.07, 6.45) is 2.25. The summed E-state index contributed by atoms with van der Waals surface area (Å²) in [7, 11) is 3.21. The molecule has 5 nitrogen and oxygen atoms in total. The molecule has 0 bridgehead atoms. The highest BCUT2D eigenvalue weighted by Crippen LogP contribution is 2.43. The van der Waals surface area contributed by atoms with Crippen LogP contribution >= 0.6 is 21.6 Å². The smallest absolute Gasteiger partial charge is 0.307 e. The lowest BCUT2D eigenvalue weighted by atomic mass is 9.94. The van der Waals surface area contributed by atoms with Crippen molar-refractivity contribution in [2.75, 3.05) is 18.8 Å². The van der Waals surface area contributed by atoms with Gasteiger partial charge in [0.05, 0.1) is 12.1 Å². The van der Waals surface area contributed by atoms with E-state index in [1.165, 1.54) is 6.07 Å². The number of carbonyl (C=O) groups is 2. The summed E-state index contributed by atoms with van der Waals surface area (Å²) in [5.41, 5.74) is 7.26. The number of benzene rings is 1. The molecule has 1 aliphatic heterocycles. The van der Waals surface area contributed by atoms with E-state index in [-0.39, 0.29) is 35.7 Å². The minimum absolute atomic E-state index is 0.0155. The summed E-state index contributed by atoms with van der Waals surface area (Å²) in [5, 5.41) is 9.43. The van der Waals surface area contributed by atoms with Crippen molar-refractivity contribution in [2.24, 2.45) is 11.7 Å². The minimum atomic E-state index is -0.946. The van der Waals surface area contributed by atoms with Crippen molar-refractivity contribution < 1.29 is 19.1 Å². The van der Waals surface area contributed by atoms with E-state index in [1.807, 2.05) is 4.90 Å². The molecule has 1 atom stereocenters. The maximum Gasteiger partial charge on any atom is 0.307 e. The number of Topliss-reactive ketones (excluding diaryl/α,β-unsaturated/α-hetero) is 1. The predicted molar refractivity (Wildman–Crippen MR) is 111 cm³/mol. The van der Waals surface area contributed by atoms with Crippen molar-refractivity contribution in [3.05, 3.63) is 46.9 Å². The van der Waals surface area contributed by atoms with Crippen molar-refractivity contribution in [3.63, 3.8) is 0 Å². The van der Waals surface area contributed by atoms with E-state index < -0.39 is 5.97 Å². The molecule has 0 saturated heterocycles. The molecule has 2 aliphatic rings. The maximum atomic E-state index is 14.2. The van der Waals surface area contributed by atoms with E-state index in [0.29, 0.717) is 29.9 Å². The molecule has 28 heavy (non-hydrogen) atoms. The number of hydrogen-bond donors (Lipinski definition) is 2. The lowest BCUT2D eigenvalue weighted by Crippen LogP contribution is -2.38. The molecule has 0 amide bonds. The summed E-state index contributed by atoms with van der Waals surface area (Å²) < 4.78 is 14.2. The first kappa shape index (κ1) is 21.2. The van der Waals surface area contributed by atoms with E-state index in [1.54, 1.807) is 39.8 Å². The second kappa shape index (κ2) is 9.80. The molecule has 1 fully saturated rings. The summed E-state index contributed by atoms with van der Waals surface area (Å²) in [4.78, 5) is 26.5. The fraction of sp³-hybridized carbons (Fsp3) is 0.500. The molecular weight excluding hydrogens is 399 g/mol. The number of ketones is 1. The molecular formula is C20H25FN2O3S2. The average Bonchev–Trinajstić information content (AvgIpc) is 3.50. The Labute approximate surface area is 172 Å². The number of nitrogens with zero attached hydrogens (tertiary/aromatic N) is 1. The van der Waals surface area contributed by atoms with Gasteiger partial charge in [-0.3, -0.25) is 9.59 Å². The number of halogens is 1. The van der Waals surface area contributed by atoms with Gasteiger partial charge in [-0.25, -0.2) is 4.39 Å². The normalized spacial score (nSPS) is 19.8. The van der Waals surface area contributed by atoms with E-state index in [4.69, 9.17) is 5.73 Å². The van der Waals surface area contributed by atoms with Gasteiger partial charge in [-0.05, 0) is 30.9 Å². The zero-order valence-corrected chi connectivity index (χ0v) is 17.2. The van der Waals surface area contributed by atoms with Crippen molar-refractivity contribution in [1.29, 1.82) is 0 Å². The molecule has 3 N–H and O–H groups in total. The van der Waals surface area contributed by atoms with Gasteiger partial charge in [0, 0.05) is 42.1 Å². The highest BCUT2D eigenvalue weighted by atomic mass is 33.1. The highest BCUT2D eigenvalue weighted by molar-refractivity contribution is 8.77. The fourth-order valence-corrected chi connectivity index (χ4v) is 5.98. The van der Waals surface area contributed by atoms with Gasteiger partial charge in [-0.2, -0.15) is 0 Å². The van der Waals surface area contributed by atoms with Crippen molar-refractivity contribution >= 4 is 33.3 Å². The largest absolute Gasteiger partial charge is 0.481 e. The van der Waals surface area contributed by atoms with Gasteiger partial charge >= 0.3 is 5.97 Å². The molecule has 8 heteroatoms. The zero-order valence-electron chi connectivity index (χ0n) is 15.6. The Kier molecular flexibility index (Phi) is 7.42. The van der Waals surface area contributed by atoms with Gasteiger partial charge in [0.1, 0.15) is 5.82 Å². The molecule has 0 radical (unpaired) electrons. The maximum absolute atomic E-state index is 14.2. The average molecular weight is 425 g/mol. The number of carboxylic acid groups (broad SMARTS) is 1. The Morgan fingerprint density at radius 2 is 2.00 bits per heavy atom. The Bertz CT molecular complexity index is 768. The van der Waals surface area contributed by atoms with Gasteiger partial charge in [-0.1, -0.05) is 39.8 Å². The van der Waals surface area contributed by atoms with Crippen LogP contribution in [-0.2, 0) is 16.1 Å². The van der Waals surface area contributed by atoms with Gasteiger partial charge in [-0.15, -0.1) is 0 Å². The van der Waals surface area contributed by atoms with Crippen LogP contribution in [0.5, 0.6) is 0 Å². The van der Waals surface area contributed by atoms with Gasteiger partial charge in [0.15, 0.2) is 5.78 Å². The molecule has 1 aromatic rings. The number of aliphatic carboxylic acids is 1. The van der Waals surface area contributed by atoms with E-state index in [2.05, 4.69) is 0 Å². The predicted octanol–water partition coefficient (Wildman–Crippen LogP) is 3.45. The minimum Gasteiger partial charge on any atom is -0.481 e. The van der Waals surface area contributed by atoms with Gasteiger partial charge < -0.3 is 15.7 Å². The van der Waals surface area contributed by atoms with Crippen LogP contribution in [0.25, 0.3) is 0 Å².